The van der Waals surface area contributed by atoms with Crippen molar-refractivity contribution in [3.05, 3.63) is 53.7 Å². The number of hydrogen-bond acceptors (Lipinski definition) is 3. The molecular weight excluding hydrogens is 270 g/mol. The van der Waals surface area contributed by atoms with E-state index in [9.17, 15) is 0 Å². The SMILES string of the molecule is Clc1cc(-c2cncc3ccccc23)nc(C2CC2)n1. The maximum atomic E-state index is 6.15. The number of benzene rings is 1. The van der Waals surface area contributed by atoms with Gasteiger partial charge in [0.05, 0.1) is 5.69 Å². The van der Waals surface area contributed by atoms with Crippen LogP contribution in [0.25, 0.3) is 22.0 Å². The molecule has 0 saturated heterocycles. The van der Waals surface area contributed by atoms with Crippen LogP contribution >= 0.6 is 11.6 Å². The molecule has 0 unspecified atom stereocenters. The van der Waals surface area contributed by atoms with Gasteiger partial charge in [0, 0.05) is 35.3 Å². The van der Waals surface area contributed by atoms with E-state index in [1.807, 2.05) is 30.6 Å². The molecule has 1 aromatic carbocycles. The summed E-state index contributed by atoms with van der Waals surface area (Å²) in [6.45, 7) is 0. The molecule has 0 radical (unpaired) electrons. The first-order valence-corrected chi connectivity index (χ1v) is 7.06. The van der Waals surface area contributed by atoms with Gasteiger partial charge in [0.25, 0.3) is 0 Å². The van der Waals surface area contributed by atoms with Gasteiger partial charge in [0.1, 0.15) is 11.0 Å². The largest absolute Gasteiger partial charge is 0.263 e. The summed E-state index contributed by atoms with van der Waals surface area (Å²) in [5.74, 6) is 1.34. The van der Waals surface area contributed by atoms with Gasteiger partial charge < -0.3 is 0 Å². The maximum Gasteiger partial charge on any atom is 0.133 e. The zero-order valence-electron chi connectivity index (χ0n) is 10.8. The highest BCUT2D eigenvalue weighted by atomic mass is 35.5. The molecule has 1 aliphatic carbocycles. The lowest BCUT2D eigenvalue weighted by Gasteiger charge is -2.07. The van der Waals surface area contributed by atoms with Crippen LogP contribution < -0.4 is 0 Å². The summed E-state index contributed by atoms with van der Waals surface area (Å²) in [5.41, 5.74) is 1.87. The Morgan fingerprint density at radius 2 is 1.90 bits per heavy atom. The van der Waals surface area contributed by atoms with Crippen molar-refractivity contribution in [1.29, 1.82) is 0 Å². The Hall–Kier alpha value is -2.00. The molecule has 20 heavy (non-hydrogen) atoms. The summed E-state index contributed by atoms with van der Waals surface area (Å²) >= 11 is 6.15. The minimum Gasteiger partial charge on any atom is -0.263 e. The van der Waals surface area contributed by atoms with E-state index in [0.717, 1.165) is 40.7 Å². The quantitative estimate of drug-likeness (QED) is 0.660. The summed E-state index contributed by atoms with van der Waals surface area (Å²) in [7, 11) is 0. The van der Waals surface area contributed by atoms with Gasteiger partial charge in [0.15, 0.2) is 0 Å². The van der Waals surface area contributed by atoms with Gasteiger partial charge in [-0.25, -0.2) is 9.97 Å². The van der Waals surface area contributed by atoms with Crippen molar-refractivity contribution in [2.45, 2.75) is 18.8 Å². The average molecular weight is 282 g/mol. The van der Waals surface area contributed by atoms with E-state index in [4.69, 9.17) is 11.6 Å². The van der Waals surface area contributed by atoms with Crippen LogP contribution in [0.4, 0.5) is 0 Å². The van der Waals surface area contributed by atoms with Gasteiger partial charge >= 0.3 is 0 Å². The Balaban J connectivity index is 1.94. The Morgan fingerprint density at radius 3 is 2.75 bits per heavy atom. The molecule has 0 aliphatic heterocycles. The first-order chi connectivity index (χ1) is 9.81. The Kier molecular flexibility index (Phi) is 2.67. The third-order valence-electron chi connectivity index (χ3n) is 3.60. The summed E-state index contributed by atoms with van der Waals surface area (Å²) < 4.78 is 0. The molecule has 0 amide bonds. The molecular formula is C16H12ClN3. The van der Waals surface area contributed by atoms with Crippen LogP contribution in [0.3, 0.4) is 0 Å². The first-order valence-electron chi connectivity index (χ1n) is 6.69. The van der Waals surface area contributed by atoms with E-state index < -0.39 is 0 Å². The standard InChI is InChI=1S/C16H12ClN3/c17-15-7-14(19-16(20-15)10-5-6-10)13-9-18-8-11-3-1-2-4-12(11)13/h1-4,7-10H,5-6H2. The topological polar surface area (TPSA) is 38.7 Å². The van der Waals surface area contributed by atoms with Crippen LogP contribution in [0.2, 0.25) is 5.15 Å². The fraction of sp³-hybridized carbons (Fsp3) is 0.188. The fourth-order valence-corrected chi connectivity index (χ4v) is 2.61. The predicted octanol–water partition coefficient (Wildman–Crippen LogP) is 4.22. The van der Waals surface area contributed by atoms with Crippen molar-refractivity contribution in [2.75, 3.05) is 0 Å². The lowest BCUT2D eigenvalue weighted by molar-refractivity contribution is 0.931. The van der Waals surface area contributed by atoms with Gasteiger partial charge in [-0.2, -0.15) is 0 Å². The normalized spacial score (nSPS) is 14.7. The van der Waals surface area contributed by atoms with Crippen molar-refractivity contribution >= 4 is 22.4 Å². The minimum atomic E-state index is 0.482. The van der Waals surface area contributed by atoms with Gasteiger partial charge in [-0.3, -0.25) is 4.98 Å². The number of rotatable bonds is 2. The fourth-order valence-electron chi connectivity index (χ4n) is 2.42. The molecule has 98 valence electrons. The van der Waals surface area contributed by atoms with E-state index >= 15 is 0 Å². The highest BCUT2D eigenvalue weighted by Gasteiger charge is 2.27. The summed E-state index contributed by atoms with van der Waals surface area (Å²) in [5, 5.41) is 2.75. The van der Waals surface area contributed by atoms with Gasteiger partial charge in [-0.05, 0) is 18.2 Å². The molecule has 1 saturated carbocycles. The third kappa shape index (κ3) is 2.04. The second-order valence-corrected chi connectivity index (χ2v) is 5.50. The molecule has 0 N–H and O–H groups in total. The number of hydrogen-bond donors (Lipinski definition) is 0. The van der Waals surface area contributed by atoms with E-state index in [0.29, 0.717) is 11.1 Å². The van der Waals surface area contributed by atoms with Gasteiger partial charge in [-0.15, -0.1) is 0 Å². The monoisotopic (exact) mass is 281 g/mol. The molecule has 4 heteroatoms. The number of halogens is 1. The summed E-state index contributed by atoms with van der Waals surface area (Å²) in [4.78, 5) is 13.3. The number of aromatic nitrogens is 3. The Bertz CT molecular complexity index is 791. The molecule has 0 atom stereocenters. The number of fused-ring (bicyclic) bond motifs is 1. The van der Waals surface area contributed by atoms with Crippen molar-refractivity contribution in [3.8, 4) is 11.3 Å². The Morgan fingerprint density at radius 1 is 1.05 bits per heavy atom. The van der Waals surface area contributed by atoms with Crippen LogP contribution in [0, 0.1) is 0 Å². The number of nitrogens with zero attached hydrogens (tertiary/aromatic N) is 3. The average Bonchev–Trinajstić information content (AvgIpc) is 3.30. The Labute approximate surface area is 121 Å². The van der Waals surface area contributed by atoms with E-state index in [-0.39, 0.29) is 0 Å². The van der Waals surface area contributed by atoms with Crippen molar-refractivity contribution < 1.29 is 0 Å². The molecule has 1 aliphatic rings. The molecule has 2 aromatic heterocycles. The van der Waals surface area contributed by atoms with Crippen molar-refractivity contribution in [1.82, 2.24) is 15.0 Å². The first kappa shape index (κ1) is 11.8. The van der Waals surface area contributed by atoms with Gasteiger partial charge in [0.2, 0.25) is 0 Å². The van der Waals surface area contributed by atoms with Crippen LogP contribution in [0.5, 0.6) is 0 Å². The molecule has 3 nitrogen and oxygen atoms in total. The third-order valence-corrected chi connectivity index (χ3v) is 3.79. The lowest BCUT2D eigenvalue weighted by atomic mass is 10.1. The van der Waals surface area contributed by atoms with E-state index in [2.05, 4.69) is 27.1 Å². The maximum absolute atomic E-state index is 6.15. The smallest absolute Gasteiger partial charge is 0.133 e. The zero-order chi connectivity index (χ0) is 13.5. The molecule has 2 heterocycles. The van der Waals surface area contributed by atoms with Crippen LogP contribution in [-0.4, -0.2) is 15.0 Å². The lowest BCUT2D eigenvalue weighted by Crippen LogP contribution is -1.96. The highest BCUT2D eigenvalue weighted by Crippen LogP contribution is 2.39. The minimum absolute atomic E-state index is 0.482. The molecule has 4 rings (SSSR count). The summed E-state index contributed by atoms with van der Waals surface area (Å²) in [6, 6.07) is 9.99. The van der Waals surface area contributed by atoms with E-state index in [1.165, 1.54) is 0 Å². The van der Waals surface area contributed by atoms with Crippen LogP contribution in [0.15, 0.2) is 42.7 Å². The van der Waals surface area contributed by atoms with Crippen molar-refractivity contribution in [3.63, 3.8) is 0 Å². The van der Waals surface area contributed by atoms with Crippen molar-refractivity contribution in [2.24, 2.45) is 0 Å². The van der Waals surface area contributed by atoms with Crippen LogP contribution in [0.1, 0.15) is 24.6 Å². The van der Waals surface area contributed by atoms with Gasteiger partial charge in [-0.1, -0.05) is 35.9 Å². The summed E-state index contributed by atoms with van der Waals surface area (Å²) in [6.07, 6.45) is 6.03. The molecule has 1 fully saturated rings. The van der Waals surface area contributed by atoms with Crippen LogP contribution in [-0.2, 0) is 0 Å². The second-order valence-electron chi connectivity index (χ2n) is 5.12. The highest BCUT2D eigenvalue weighted by molar-refractivity contribution is 6.29. The second kappa shape index (κ2) is 4.53. The number of pyridine rings is 1. The predicted molar refractivity (Wildman–Crippen MR) is 79.8 cm³/mol. The zero-order valence-corrected chi connectivity index (χ0v) is 11.5. The molecule has 3 aromatic rings. The molecule has 0 spiro atoms. The molecule has 0 bridgehead atoms. The van der Waals surface area contributed by atoms with E-state index in [1.54, 1.807) is 0 Å².